The fraction of sp³-hybridized carbons (Fsp3) is 0.278. The van der Waals surface area contributed by atoms with Gasteiger partial charge in [-0.3, -0.25) is 18.9 Å². The van der Waals surface area contributed by atoms with Crippen LogP contribution in [-0.2, 0) is 6.54 Å². The largest absolute Gasteiger partial charge is 0.336 e. The molecule has 0 unspecified atom stereocenters. The van der Waals surface area contributed by atoms with E-state index in [0.717, 1.165) is 5.69 Å². The summed E-state index contributed by atoms with van der Waals surface area (Å²) >= 11 is 1.43. The number of benzene rings is 1. The molecule has 0 radical (unpaired) electrons. The fourth-order valence-electron chi connectivity index (χ4n) is 3.11. The van der Waals surface area contributed by atoms with Gasteiger partial charge in [-0.15, -0.1) is 11.3 Å². The second kappa shape index (κ2) is 6.97. The van der Waals surface area contributed by atoms with E-state index in [1.165, 1.54) is 27.9 Å². The molecule has 1 saturated heterocycles. The van der Waals surface area contributed by atoms with Crippen molar-refractivity contribution < 1.29 is 9.18 Å². The Bertz CT molecular complexity index is 1010. The molecule has 3 heterocycles. The molecule has 0 aliphatic carbocycles. The van der Waals surface area contributed by atoms with E-state index in [0.29, 0.717) is 37.7 Å². The smallest absolute Gasteiger partial charge is 0.258 e. The third-order valence-corrected chi connectivity index (χ3v) is 5.26. The van der Waals surface area contributed by atoms with Gasteiger partial charge in [-0.25, -0.2) is 9.37 Å². The second-order valence-corrected chi connectivity index (χ2v) is 7.06. The van der Waals surface area contributed by atoms with Gasteiger partial charge in [0.1, 0.15) is 5.82 Å². The molecule has 8 heteroatoms. The first-order chi connectivity index (χ1) is 12.6. The Kier molecular flexibility index (Phi) is 4.52. The van der Waals surface area contributed by atoms with Crippen LogP contribution in [0.25, 0.3) is 4.96 Å². The molecule has 3 aromatic rings. The molecule has 26 heavy (non-hydrogen) atoms. The van der Waals surface area contributed by atoms with Gasteiger partial charge in [0.15, 0.2) is 4.96 Å². The Morgan fingerprint density at radius 3 is 2.73 bits per heavy atom. The van der Waals surface area contributed by atoms with E-state index in [1.54, 1.807) is 29.3 Å². The number of nitrogens with zero attached hydrogens (tertiary/aromatic N) is 4. The highest BCUT2D eigenvalue weighted by molar-refractivity contribution is 7.15. The first kappa shape index (κ1) is 16.9. The summed E-state index contributed by atoms with van der Waals surface area (Å²) in [5.74, 6) is -0.770. The maximum Gasteiger partial charge on any atom is 0.258 e. The van der Waals surface area contributed by atoms with Crippen LogP contribution in [0.5, 0.6) is 0 Å². The predicted octanol–water partition coefficient (Wildman–Crippen LogP) is 1.85. The number of halogens is 1. The Hall–Kier alpha value is -2.58. The Labute approximate surface area is 153 Å². The van der Waals surface area contributed by atoms with Gasteiger partial charge >= 0.3 is 0 Å². The zero-order valence-electron chi connectivity index (χ0n) is 14.0. The number of rotatable bonds is 3. The standard InChI is InChI=1S/C18H17FN4O2S/c19-15-4-2-1-3-14(15)17(25)22-7-5-21(6-8-22)12-13-11-16(24)23-9-10-26-18(23)20-13/h1-4,9-11H,5-8,12H2. The number of piperazine rings is 1. The maximum absolute atomic E-state index is 13.8. The first-order valence-electron chi connectivity index (χ1n) is 8.34. The summed E-state index contributed by atoms with van der Waals surface area (Å²) in [4.78, 5) is 33.5. The van der Waals surface area contributed by atoms with Crippen LogP contribution in [0.2, 0.25) is 0 Å². The highest BCUT2D eigenvalue weighted by Gasteiger charge is 2.24. The van der Waals surface area contributed by atoms with Crippen molar-refractivity contribution in [3.8, 4) is 0 Å². The SMILES string of the molecule is O=C(c1ccccc1F)N1CCN(Cc2cc(=O)n3ccsc3n2)CC1. The number of carbonyl (C=O) groups excluding carboxylic acids is 1. The van der Waals surface area contributed by atoms with Gasteiger partial charge in [-0.05, 0) is 12.1 Å². The van der Waals surface area contributed by atoms with E-state index in [1.807, 2.05) is 5.38 Å². The lowest BCUT2D eigenvalue weighted by molar-refractivity contribution is 0.0622. The average molecular weight is 372 g/mol. The number of carbonyl (C=O) groups is 1. The molecular weight excluding hydrogens is 355 g/mol. The van der Waals surface area contributed by atoms with E-state index in [-0.39, 0.29) is 17.0 Å². The first-order valence-corrected chi connectivity index (χ1v) is 9.22. The number of hydrogen-bond donors (Lipinski definition) is 0. The number of hydrogen-bond acceptors (Lipinski definition) is 5. The van der Waals surface area contributed by atoms with Crippen LogP contribution in [0.15, 0.2) is 46.7 Å². The van der Waals surface area contributed by atoms with Gasteiger partial charge in [-0.1, -0.05) is 12.1 Å². The molecule has 1 aliphatic rings. The summed E-state index contributed by atoms with van der Waals surface area (Å²) < 4.78 is 15.3. The Morgan fingerprint density at radius 2 is 1.96 bits per heavy atom. The monoisotopic (exact) mass is 372 g/mol. The minimum atomic E-state index is -0.492. The fourth-order valence-corrected chi connectivity index (χ4v) is 3.85. The number of amides is 1. The summed E-state index contributed by atoms with van der Waals surface area (Å²) in [6.45, 7) is 2.92. The van der Waals surface area contributed by atoms with Crippen molar-refractivity contribution in [3.05, 3.63) is 69.3 Å². The van der Waals surface area contributed by atoms with Crippen molar-refractivity contribution in [2.75, 3.05) is 26.2 Å². The molecule has 2 aromatic heterocycles. The zero-order valence-corrected chi connectivity index (χ0v) is 14.8. The van der Waals surface area contributed by atoms with Gasteiger partial charge < -0.3 is 4.90 Å². The lowest BCUT2D eigenvalue weighted by atomic mass is 10.1. The Morgan fingerprint density at radius 1 is 1.19 bits per heavy atom. The van der Waals surface area contributed by atoms with Crippen LogP contribution >= 0.6 is 11.3 Å². The normalized spacial score (nSPS) is 15.5. The van der Waals surface area contributed by atoms with Crippen molar-refractivity contribution in [2.24, 2.45) is 0 Å². The topological polar surface area (TPSA) is 57.9 Å². The molecule has 1 aliphatic heterocycles. The number of fused-ring (bicyclic) bond motifs is 1. The predicted molar refractivity (Wildman–Crippen MR) is 96.9 cm³/mol. The lowest BCUT2D eigenvalue weighted by Gasteiger charge is -2.34. The highest BCUT2D eigenvalue weighted by atomic mass is 32.1. The van der Waals surface area contributed by atoms with Crippen LogP contribution in [-0.4, -0.2) is 51.3 Å². The molecule has 6 nitrogen and oxygen atoms in total. The number of aromatic nitrogens is 2. The molecule has 1 fully saturated rings. The molecular formula is C18H17FN4O2S. The average Bonchev–Trinajstić information content (AvgIpc) is 3.11. The molecule has 4 rings (SSSR count). The van der Waals surface area contributed by atoms with E-state index >= 15 is 0 Å². The minimum Gasteiger partial charge on any atom is -0.336 e. The summed E-state index contributed by atoms with van der Waals surface area (Å²) in [6.07, 6.45) is 1.71. The van der Waals surface area contributed by atoms with Crippen molar-refractivity contribution in [2.45, 2.75) is 6.54 Å². The van der Waals surface area contributed by atoms with Crippen LogP contribution in [0.3, 0.4) is 0 Å². The molecule has 1 amide bonds. The molecule has 0 saturated carbocycles. The lowest BCUT2D eigenvalue weighted by Crippen LogP contribution is -2.48. The van der Waals surface area contributed by atoms with Crippen LogP contribution in [0, 0.1) is 5.82 Å². The Balaban J connectivity index is 1.41. The third-order valence-electron chi connectivity index (χ3n) is 4.51. The van der Waals surface area contributed by atoms with E-state index in [2.05, 4.69) is 9.88 Å². The van der Waals surface area contributed by atoms with Crippen molar-refractivity contribution in [1.82, 2.24) is 19.2 Å². The van der Waals surface area contributed by atoms with Gasteiger partial charge in [0.2, 0.25) is 0 Å². The van der Waals surface area contributed by atoms with E-state index < -0.39 is 5.82 Å². The molecule has 1 aromatic carbocycles. The van der Waals surface area contributed by atoms with E-state index in [9.17, 15) is 14.0 Å². The molecule has 0 spiro atoms. The molecule has 0 bridgehead atoms. The molecule has 0 N–H and O–H groups in total. The van der Waals surface area contributed by atoms with Gasteiger partial charge in [0.25, 0.3) is 11.5 Å². The van der Waals surface area contributed by atoms with Crippen molar-refractivity contribution in [1.29, 1.82) is 0 Å². The summed E-state index contributed by atoms with van der Waals surface area (Å²) in [5, 5.41) is 1.83. The number of thiazole rings is 1. The summed E-state index contributed by atoms with van der Waals surface area (Å²) in [5.41, 5.74) is 0.754. The summed E-state index contributed by atoms with van der Waals surface area (Å²) in [7, 11) is 0. The quantitative estimate of drug-likeness (QED) is 0.704. The molecule has 0 atom stereocenters. The van der Waals surface area contributed by atoms with Crippen molar-refractivity contribution in [3.63, 3.8) is 0 Å². The van der Waals surface area contributed by atoms with Gasteiger partial charge in [0, 0.05) is 50.4 Å². The highest BCUT2D eigenvalue weighted by Crippen LogP contribution is 2.14. The van der Waals surface area contributed by atoms with Crippen molar-refractivity contribution >= 4 is 22.2 Å². The summed E-state index contributed by atoms with van der Waals surface area (Å²) in [6, 6.07) is 7.60. The maximum atomic E-state index is 13.8. The second-order valence-electron chi connectivity index (χ2n) is 6.19. The van der Waals surface area contributed by atoms with E-state index in [4.69, 9.17) is 0 Å². The van der Waals surface area contributed by atoms with Crippen LogP contribution in [0.1, 0.15) is 16.1 Å². The van der Waals surface area contributed by atoms with Crippen LogP contribution in [0.4, 0.5) is 4.39 Å². The van der Waals surface area contributed by atoms with Gasteiger partial charge in [0.05, 0.1) is 11.3 Å². The zero-order chi connectivity index (χ0) is 18.1. The third kappa shape index (κ3) is 3.25. The minimum absolute atomic E-state index is 0.0837. The van der Waals surface area contributed by atoms with Crippen LogP contribution < -0.4 is 5.56 Å². The molecule has 134 valence electrons. The van der Waals surface area contributed by atoms with Gasteiger partial charge in [-0.2, -0.15) is 0 Å².